The van der Waals surface area contributed by atoms with Gasteiger partial charge in [0.05, 0.1) is 28.7 Å². The fraction of sp³-hybridized carbons (Fsp3) is 0.429. The maximum atomic E-state index is 12.1. The van der Waals surface area contributed by atoms with Gasteiger partial charge in [-0.15, -0.1) is 0 Å². The van der Waals surface area contributed by atoms with Gasteiger partial charge in [0.1, 0.15) is 6.23 Å². The normalized spacial score (nSPS) is 18.8. The molecule has 1 amide bonds. The first-order chi connectivity index (χ1) is 15.0. The molecule has 0 spiro atoms. The number of carbonyl (C=O) groups excluding carboxylic acids is 2. The van der Waals surface area contributed by atoms with Crippen molar-refractivity contribution in [3.05, 3.63) is 35.9 Å². The number of anilines is 2. The highest BCUT2D eigenvalue weighted by atomic mass is 32.1. The van der Waals surface area contributed by atoms with Crippen LogP contribution in [0.25, 0.3) is 10.6 Å². The number of aromatic nitrogens is 4. The molecule has 1 atom stereocenters. The van der Waals surface area contributed by atoms with Gasteiger partial charge in [-0.2, -0.15) is 5.10 Å². The maximum absolute atomic E-state index is 12.1. The van der Waals surface area contributed by atoms with E-state index in [9.17, 15) is 9.59 Å². The first-order valence-corrected chi connectivity index (χ1v) is 11.3. The summed E-state index contributed by atoms with van der Waals surface area (Å²) in [6.07, 6.45) is 10.7. The van der Waals surface area contributed by atoms with Gasteiger partial charge in [0.2, 0.25) is 0 Å². The van der Waals surface area contributed by atoms with Crippen LogP contribution in [-0.4, -0.2) is 44.1 Å². The Hall–Kier alpha value is -2.98. The number of H-pyrrole nitrogens is 1. The standard InChI is InChI=1S/C21H24N6O3S/c1-12(28)13-8-16(23-9-13)19-18(20(22)29)25-21(31-19)27(14-5-6-14)15-10-24-26(11-15)17-4-2-3-7-30-17/h8-11,14,17,23H,2-7H2,1H3,(H2,22,29). The number of carbonyl (C=O) groups is 2. The number of nitrogens with one attached hydrogen (secondary N) is 1. The van der Waals surface area contributed by atoms with Crippen molar-refractivity contribution in [1.82, 2.24) is 19.7 Å². The minimum absolute atomic E-state index is 0.0412. The lowest BCUT2D eigenvalue weighted by atomic mass is 10.2. The molecule has 31 heavy (non-hydrogen) atoms. The van der Waals surface area contributed by atoms with Crippen LogP contribution in [0.15, 0.2) is 24.7 Å². The molecule has 1 unspecified atom stereocenters. The van der Waals surface area contributed by atoms with Gasteiger partial charge < -0.3 is 20.4 Å². The second-order valence-electron chi connectivity index (χ2n) is 8.00. The summed E-state index contributed by atoms with van der Waals surface area (Å²) in [5.74, 6) is -0.650. The molecule has 3 aromatic rings. The second kappa shape index (κ2) is 7.93. The van der Waals surface area contributed by atoms with Crippen molar-refractivity contribution < 1.29 is 14.3 Å². The van der Waals surface area contributed by atoms with Crippen LogP contribution in [0.2, 0.25) is 0 Å². The Bertz CT molecular complexity index is 1120. The Balaban J connectivity index is 1.50. The van der Waals surface area contributed by atoms with Crippen molar-refractivity contribution >= 4 is 33.8 Å². The van der Waals surface area contributed by atoms with Gasteiger partial charge in [0, 0.05) is 24.4 Å². The molecular weight excluding hydrogens is 416 g/mol. The Labute approximate surface area is 183 Å². The summed E-state index contributed by atoms with van der Waals surface area (Å²) in [4.78, 5) is 34.2. The molecule has 1 aliphatic carbocycles. The fourth-order valence-corrected chi connectivity index (χ4v) is 4.99. The molecule has 10 heteroatoms. The number of ether oxygens (including phenoxy) is 1. The van der Waals surface area contributed by atoms with E-state index in [-0.39, 0.29) is 17.7 Å². The van der Waals surface area contributed by atoms with Gasteiger partial charge in [-0.05, 0) is 45.1 Å². The smallest absolute Gasteiger partial charge is 0.268 e. The number of nitrogens with two attached hydrogens (primary N) is 1. The topological polar surface area (TPSA) is 119 Å². The summed E-state index contributed by atoms with van der Waals surface area (Å²) >= 11 is 1.39. The largest absolute Gasteiger partial charge is 0.364 e. The minimum Gasteiger partial charge on any atom is -0.364 e. The van der Waals surface area contributed by atoms with E-state index in [2.05, 4.69) is 20.0 Å². The first kappa shape index (κ1) is 20.0. The molecule has 0 aromatic carbocycles. The molecule has 3 N–H and O–H groups in total. The fourth-order valence-electron chi connectivity index (χ4n) is 3.84. The number of rotatable bonds is 7. The molecule has 4 heterocycles. The quantitative estimate of drug-likeness (QED) is 0.542. The van der Waals surface area contributed by atoms with Crippen molar-refractivity contribution in [2.24, 2.45) is 5.73 Å². The van der Waals surface area contributed by atoms with Crippen LogP contribution < -0.4 is 10.6 Å². The van der Waals surface area contributed by atoms with Gasteiger partial charge in [0.15, 0.2) is 16.6 Å². The van der Waals surface area contributed by atoms with Crippen LogP contribution in [0.3, 0.4) is 0 Å². The average Bonchev–Trinajstić information content (AvgIpc) is 3.16. The number of ketones is 1. The Morgan fingerprint density at radius 1 is 1.32 bits per heavy atom. The maximum Gasteiger partial charge on any atom is 0.268 e. The minimum atomic E-state index is -0.599. The number of thiazole rings is 1. The zero-order chi connectivity index (χ0) is 21.5. The molecule has 9 nitrogen and oxygen atoms in total. The summed E-state index contributed by atoms with van der Waals surface area (Å²) < 4.78 is 7.72. The summed E-state index contributed by atoms with van der Waals surface area (Å²) in [6.45, 7) is 2.25. The monoisotopic (exact) mass is 440 g/mol. The predicted molar refractivity (Wildman–Crippen MR) is 117 cm³/mol. The highest BCUT2D eigenvalue weighted by Crippen LogP contribution is 2.43. The number of amides is 1. The summed E-state index contributed by atoms with van der Waals surface area (Å²) in [6, 6.07) is 2.03. The van der Waals surface area contributed by atoms with Crippen molar-refractivity contribution in [1.29, 1.82) is 0 Å². The van der Waals surface area contributed by atoms with Crippen molar-refractivity contribution in [2.45, 2.75) is 51.3 Å². The summed E-state index contributed by atoms with van der Waals surface area (Å²) in [5.41, 5.74) is 7.96. The highest BCUT2D eigenvalue weighted by Gasteiger charge is 2.35. The van der Waals surface area contributed by atoms with Crippen LogP contribution >= 0.6 is 11.3 Å². The summed E-state index contributed by atoms with van der Waals surface area (Å²) in [7, 11) is 0. The number of Topliss-reactive ketones (excluding diaryl/α,β-unsaturated/α-hetero) is 1. The third-order valence-electron chi connectivity index (χ3n) is 5.62. The van der Waals surface area contributed by atoms with Gasteiger partial charge >= 0.3 is 0 Å². The van der Waals surface area contributed by atoms with Gasteiger partial charge in [0.25, 0.3) is 5.91 Å². The van der Waals surface area contributed by atoms with E-state index < -0.39 is 5.91 Å². The first-order valence-electron chi connectivity index (χ1n) is 10.5. The second-order valence-corrected chi connectivity index (χ2v) is 8.98. The molecule has 1 aliphatic heterocycles. The number of aromatic amines is 1. The number of primary amides is 1. The molecular formula is C21H24N6O3S. The van der Waals surface area contributed by atoms with Crippen LogP contribution in [0.5, 0.6) is 0 Å². The average molecular weight is 441 g/mol. The molecule has 0 bridgehead atoms. The number of hydrogen-bond acceptors (Lipinski definition) is 7. The van der Waals surface area contributed by atoms with Crippen LogP contribution in [0.4, 0.5) is 10.8 Å². The van der Waals surface area contributed by atoms with Crippen molar-refractivity contribution in [2.75, 3.05) is 11.5 Å². The van der Waals surface area contributed by atoms with Crippen LogP contribution in [0, 0.1) is 0 Å². The molecule has 0 radical (unpaired) electrons. The molecule has 162 valence electrons. The molecule has 3 aromatic heterocycles. The predicted octanol–water partition coefficient (Wildman–Crippen LogP) is 3.64. The highest BCUT2D eigenvalue weighted by molar-refractivity contribution is 7.19. The Kier molecular flexibility index (Phi) is 5.11. The molecule has 2 aliphatic rings. The Morgan fingerprint density at radius 3 is 2.81 bits per heavy atom. The molecule has 1 saturated carbocycles. The lowest BCUT2D eigenvalue weighted by Crippen LogP contribution is -2.20. The van der Waals surface area contributed by atoms with Gasteiger partial charge in [-0.1, -0.05) is 11.3 Å². The molecule has 5 rings (SSSR count). The molecule has 1 saturated heterocycles. The number of nitrogens with zero attached hydrogens (tertiary/aromatic N) is 4. The van der Waals surface area contributed by atoms with Crippen molar-refractivity contribution in [3.63, 3.8) is 0 Å². The zero-order valence-corrected chi connectivity index (χ0v) is 18.0. The SMILES string of the molecule is CC(=O)c1c[nH]c(-c2sc(N(c3cnn(C4CCCCO4)c3)C3CC3)nc2C(N)=O)c1. The summed E-state index contributed by atoms with van der Waals surface area (Å²) in [5, 5.41) is 5.22. The van der Waals surface area contributed by atoms with E-state index in [0.717, 1.165) is 44.4 Å². The van der Waals surface area contributed by atoms with E-state index in [4.69, 9.17) is 10.5 Å². The van der Waals surface area contributed by atoms with Crippen molar-refractivity contribution in [3.8, 4) is 10.6 Å². The Morgan fingerprint density at radius 2 is 2.16 bits per heavy atom. The van der Waals surface area contributed by atoms with Crippen LogP contribution in [-0.2, 0) is 4.74 Å². The third-order valence-corrected chi connectivity index (χ3v) is 6.71. The number of hydrogen-bond donors (Lipinski definition) is 2. The van der Waals surface area contributed by atoms with E-state index in [1.54, 1.807) is 12.3 Å². The van der Waals surface area contributed by atoms with Crippen LogP contribution in [0.1, 0.15) is 66.1 Å². The lowest BCUT2D eigenvalue weighted by molar-refractivity contribution is -0.0394. The van der Waals surface area contributed by atoms with E-state index in [1.165, 1.54) is 18.3 Å². The van der Waals surface area contributed by atoms with E-state index in [1.807, 2.05) is 17.1 Å². The van der Waals surface area contributed by atoms with E-state index in [0.29, 0.717) is 27.3 Å². The molecule has 2 fully saturated rings. The third kappa shape index (κ3) is 3.88. The van der Waals surface area contributed by atoms with Gasteiger partial charge in [-0.3, -0.25) is 9.59 Å². The lowest BCUT2D eigenvalue weighted by Gasteiger charge is -2.23. The van der Waals surface area contributed by atoms with Gasteiger partial charge in [-0.25, -0.2) is 9.67 Å². The zero-order valence-electron chi connectivity index (χ0n) is 17.2. The van der Waals surface area contributed by atoms with E-state index >= 15 is 0 Å².